The van der Waals surface area contributed by atoms with Crippen LogP contribution in [0.25, 0.3) is 0 Å². The third-order valence-corrected chi connectivity index (χ3v) is 6.30. The highest BCUT2D eigenvalue weighted by atomic mass is 16.1. The smallest absolute Gasteiger partial charge is 0.146 e. The first kappa shape index (κ1) is 17.2. The first-order valence-corrected chi connectivity index (χ1v) is 8.67. The number of fused-ring (bicyclic) bond motifs is 1. The van der Waals surface area contributed by atoms with Crippen LogP contribution in [0.4, 0.5) is 0 Å². The van der Waals surface area contributed by atoms with Crippen LogP contribution in [-0.4, -0.2) is 12.6 Å². The van der Waals surface area contributed by atoms with E-state index in [2.05, 4.69) is 33.8 Å². The second kappa shape index (κ2) is 6.52. The van der Waals surface area contributed by atoms with E-state index in [1.54, 1.807) is 0 Å². The maximum Gasteiger partial charge on any atom is 0.146 e. The van der Waals surface area contributed by atoms with Crippen LogP contribution in [0.2, 0.25) is 0 Å². The van der Waals surface area contributed by atoms with E-state index in [4.69, 9.17) is 0 Å². The van der Waals surface area contributed by atoms with E-state index in [-0.39, 0.29) is 5.41 Å². The summed E-state index contributed by atoms with van der Waals surface area (Å²) in [5, 5.41) is 0. The molecule has 122 valence electrons. The van der Waals surface area contributed by atoms with Gasteiger partial charge in [-0.15, -0.1) is 0 Å². The van der Waals surface area contributed by atoms with Gasteiger partial charge in [0.2, 0.25) is 0 Å². The standard InChI is InChI=1S/C20H30O2/c1-15(2)7-5-8-16(3)18-10-12-19(4)11-6-9-17(13-21)20(18,19)14-22/h7,9,13-14,16,18H,5-6,8,10-12H2,1-4H3. The molecule has 0 aliphatic heterocycles. The van der Waals surface area contributed by atoms with Gasteiger partial charge in [0.05, 0.1) is 5.41 Å². The van der Waals surface area contributed by atoms with Crippen LogP contribution in [-0.2, 0) is 9.59 Å². The SMILES string of the molecule is CC(C)=CCCC(C)C1CCC2(C)CCC=C(C=O)C12C=O. The summed E-state index contributed by atoms with van der Waals surface area (Å²) in [6.45, 7) is 8.73. The summed E-state index contributed by atoms with van der Waals surface area (Å²) in [6, 6.07) is 0. The van der Waals surface area contributed by atoms with Crippen molar-refractivity contribution in [2.24, 2.45) is 22.7 Å². The van der Waals surface area contributed by atoms with Crippen molar-refractivity contribution in [1.29, 1.82) is 0 Å². The van der Waals surface area contributed by atoms with Gasteiger partial charge in [-0.05, 0) is 69.6 Å². The molecule has 0 N–H and O–H groups in total. The summed E-state index contributed by atoms with van der Waals surface area (Å²) < 4.78 is 0. The van der Waals surface area contributed by atoms with Crippen LogP contribution in [0.1, 0.15) is 66.2 Å². The molecule has 4 atom stereocenters. The van der Waals surface area contributed by atoms with Gasteiger partial charge in [0.25, 0.3) is 0 Å². The van der Waals surface area contributed by atoms with Crippen LogP contribution in [0, 0.1) is 22.7 Å². The molecule has 2 aliphatic rings. The lowest BCUT2D eigenvalue weighted by molar-refractivity contribution is -0.126. The Morgan fingerprint density at radius 3 is 2.68 bits per heavy atom. The summed E-state index contributed by atoms with van der Waals surface area (Å²) in [5.74, 6) is 0.765. The molecule has 22 heavy (non-hydrogen) atoms. The number of hydrogen-bond donors (Lipinski definition) is 0. The largest absolute Gasteiger partial charge is 0.302 e. The Kier molecular flexibility index (Phi) is 5.09. The predicted octanol–water partition coefficient (Wildman–Crippen LogP) is 4.89. The Hall–Kier alpha value is -1.18. The summed E-state index contributed by atoms with van der Waals surface area (Å²) >= 11 is 0. The van der Waals surface area contributed by atoms with E-state index < -0.39 is 5.41 Å². The zero-order valence-electron chi connectivity index (χ0n) is 14.5. The normalized spacial score (nSPS) is 35.3. The molecule has 0 aromatic carbocycles. The molecule has 1 saturated carbocycles. The number of carbonyl (C=O) groups is 2. The Morgan fingerprint density at radius 2 is 2.09 bits per heavy atom. The highest BCUT2D eigenvalue weighted by Crippen LogP contribution is 2.64. The van der Waals surface area contributed by atoms with E-state index in [1.807, 2.05) is 6.08 Å². The number of hydrogen-bond acceptors (Lipinski definition) is 2. The average Bonchev–Trinajstić information content (AvgIpc) is 2.79. The number of rotatable bonds is 6. The lowest BCUT2D eigenvalue weighted by atomic mass is 9.54. The molecule has 1 fully saturated rings. The Bertz CT molecular complexity index is 498. The number of aldehydes is 2. The summed E-state index contributed by atoms with van der Waals surface area (Å²) in [5.41, 5.74) is 1.53. The topological polar surface area (TPSA) is 34.1 Å². The van der Waals surface area contributed by atoms with E-state index in [9.17, 15) is 9.59 Å². The van der Waals surface area contributed by atoms with Gasteiger partial charge in [-0.1, -0.05) is 31.6 Å². The van der Waals surface area contributed by atoms with Gasteiger partial charge >= 0.3 is 0 Å². The van der Waals surface area contributed by atoms with Crippen molar-refractivity contribution in [2.75, 3.05) is 0 Å². The Labute approximate surface area is 135 Å². The highest BCUT2D eigenvalue weighted by molar-refractivity contribution is 5.86. The first-order chi connectivity index (χ1) is 10.4. The van der Waals surface area contributed by atoms with E-state index >= 15 is 0 Å². The van der Waals surface area contributed by atoms with Crippen LogP contribution in [0.15, 0.2) is 23.3 Å². The lowest BCUT2D eigenvalue weighted by Gasteiger charge is -2.47. The van der Waals surface area contributed by atoms with Crippen molar-refractivity contribution in [3.05, 3.63) is 23.3 Å². The lowest BCUT2D eigenvalue weighted by Crippen LogP contribution is -2.47. The fourth-order valence-corrected chi connectivity index (χ4v) is 4.98. The molecule has 0 aromatic rings. The maximum absolute atomic E-state index is 12.2. The van der Waals surface area contributed by atoms with Gasteiger partial charge < -0.3 is 4.79 Å². The average molecular weight is 302 g/mol. The van der Waals surface area contributed by atoms with Gasteiger partial charge in [-0.3, -0.25) is 4.79 Å². The molecule has 2 rings (SSSR count). The zero-order valence-corrected chi connectivity index (χ0v) is 14.5. The quantitative estimate of drug-likeness (QED) is 0.517. The predicted molar refractivity (Wildman–Crippen MR) is 90.5 cm³/mol. The van der Waals surface area contributed by atoms with Crippen molar-refractivity contribution in [3.8, 4) is 0 Å². The summed E-state index contributed by atoms with van der Waals surface area (Å²) in [6.07, 6.45) is 12.6. The summed E-state index contributed by atoms with van der Waals surface area (Å²) in [4.78, 5) is 23.9. The fraction of sp³-hybridized carbons (Fsp3) is 0.700. The molecule has 0 saturated heterocycles. The Morgan fingerprint density at radius 1 is 1.36 bits per heavy atom. The molecular weight excluding hydrogens is 272 g/mol. The molecule has 0 aromatic heterocycles. The second-order valence-electron chi connectivity index (χ2n) is 7.84. The van der Waals surface area contributed by atoms with Crippen molar-refractivity contribution >= 4 is 12.6 Å². The van der Waals surface area contributed by atoms with Crippen molar-refractivity contribution in [1.82, 2.24) is 0 Å². The zero-order chi connectivity index (χ0) is 16.4. The minimum absolute atomic E-state index is 0.0326. The van der Waals surface area contributed by atoms with Gasteiger partial charge in [-0.2, -0.15) is 0 Å². The maximum atomic E-state index is 12.2. The van der Waals surface area contributed by atoms with Gasteiger partial charge in [0, 0.05) is 5.57 Å². The molecule has 2 nitrogen and oxygen atoms in total. The fourth-order valence-electron chi connectivity index (χ4n) is 4.98. The van der Waals surface area contributed by atoms with Crippen LogP contribution < -0.4 is 0 Å². The first-order valence-electron chi connectivity index (χ1n) is 8.67. The third kappa shape index (κ3) is 2.61. The van der Waals surface area contributed by atoms with E-state index in [0.717, 1.165) is 56.7 Å². The molecule has 2 aliphatic carbocycles. The molecule has 2 heteroatoms. The molecule has 0 radical (unpaired) electrons. The number of carbonyl (C=O) groups excluding carboxylic acids is 2. The molecule has 0 heterocycles. The minimum atomic E-state index is -0.544. The second-order valence-corrected chi connectivity index (χ2v) is 7.84. The van der Waals surface area contributed by atoms with Gasteiger partial charge in [-0.25, -0.2) is 0 Å². The Balaban J connectivity index is 2.30. The van der Waals surface area contributed by atoms with Crippen molar-refractivity contribution in [3.63, 3.8) is 0 Å². The molecule has 4 unspecified atom stereocenters. The van der Waals surface area contributed by atoms with Gasteiger partial charge in [0.1, 0.15) is 12.6 Å². The van der Waals surface area contributed by atoms with Crippen LogP contribution in [0.3, 0.4) is 0 Å². The number of allylic oxidation sites excluding steroid dienone is 4. The molecule has 0 spiro atoms. The monoisotopic (exact) mass is 302 g/mol. The minimum Gasteiger partial charge on any atom is -0.302 e. The third-order valence-electron chi connectivity index (χ3n) is 6.30. The van der Waals surface area contributed by atoms with Crippen LogP contribution >= 0.6 is 0 Å². The van der Waals surface area contributed by atoms with Crippen molar-refractivity contribution < 1.29 is 9.59 Å². The van der Waals surface area contributed by atoms with Gasteiger partial charge in [0.15, 0.2) is 0 Å². The molecular formula is C20H30O2. The highest BCUT2D eigenvalue weighted by Gasteiger charge is 2.61. The summed E-state index contributed by atoms with van der Waals surface area (Å²) in [7, 11) is 0. The van der Waals surface area contributed by atoms with E-state index in [1.165, 1.54) is 5.57 Å². The molecule has 0 amide bonds. The van der Waals surface area contributed by atoms with E-state index in [0.29, 0.717) is 11.8 Å². The van der Waals surface area contributed by atoms with Crippen LogP contribution in [0.5, 0.6) is 0 Å². The van der Waals surface area contributed by atoms with Crippen molar-refractivity contribution in [2.45, 2.75) is 66.2 Å². The molecule has 0 bridgehead atoms.